The first-order valence-corrected chi connectivity index (χ1v) is 8.61. The highest BCUT2D eigenvalue weighted by atomic mass is 32.1. The van der Waals surface area contributed by atoms with Crippen LogP contribution < -0.4 is 5.32 Å². The molecule has 1 aliphatic carbocycles. The van der Waals surface area contributed by atoms with Crippen molar-refractivity contribution in [3.63, 3.8) is 0 Å². The van der Waals surface area contributed by atoms with Crippen molar-refractivity contribution in [1.29, 1.82) is 0 Å². The number of fused-ring (bicyclic) bond motifs is 1. The number of hydrogen-bond donors (Lipinski definition) is 3. The summed E-state index contributed by atoms with van der Waals surface area (Å²) in [6, 6.07) is 5.02. The highest BCUT2D eigenvalue weighted by Gasteiger charge is 2.58. The number of amides is 1. The number of aliphatic carboxylic acids is 1. The summed E-state index contributed by atoms with van der Waals surface area (Å²) < 4.78 is 41.1. The van der Waals surface area contributed by atoms with Crippen molar-refractivity contribution in [2.24, 2.45) is 5.92 Å². The van der Waals surface area contributed by atoms with Gasteiger partial charge in [-0.1, -0.05) is 12.1 Å². The summed E-state index contributed by atoms with van der Waals surface area (Å²) in [5.41, 5.74) is -3.22. The van der Waals surface area contributed by atoms with E-state index in [9.17, 15) is 27.9 Å². The topological polar surface area (TPSA) is 99.5 Å². The summed E-state index contributed by atoms with van der Waals surface area (Å²) in [7, 11) is 0. The smallest absolute Gasteiger partial charge is 0.424 e. The number of nitrogens with one attached hydrogen (secondary N) is 1. The average molecular weight is 388 g/mol. The number of rotatable bonds is 6. The van der Waals surface area contributed by atoms with Crippen LogP contribution >= 0.6 is 11.3 Å². The molecule has 0 saturated heterocycles. The lowest BCUT2D eigenvalue weighted by Crippen LogP contribution is -2.49. The van der Waals surface area contributed by atoms with Gasteiger partial charge in [-0.25, -0.2) is 9.78 Å². The van der Waals surface area contributed by atoms with E-state index in [1.165, 1.54) is 6.07 Å². The fraction of sp³-hybridized carbons (Fsp3) is 0.438. The minimum atomic E-state index is -5.16. The molecule has 2 aromatic rings. The molecule has 1 aromatic heterocycles. The number of carbonyl (C=O) groups excluding carboxylic acids is 1. The highest BCUT2D eigenvalue weighted by molar-refractivity contribution is 7.18. The number of nitrogens with zero attached hydrogens (tertiary/aromatic N) is 1. The van der Waals surface area contributed by atoms with Crippen molar-refractivity contribution in [3.05, 3.63) is 29.3 Å². The van der Waals surface area contributed by atoms with Gasteiger partial charge in [0.15, 0.2) is 0 Å². The second-order valence-corrected chi connectivity index (χ2v) is 7.27. The van der Waals surface area contributed by atoms with Gasteiger partial charge in [-0.2, -0.15) is 13.2 Å². The first-order chi connectivity index (χ1) is 12.1. The third kappa shape index (κ3) is 3.51. The van der Waals surface area contributed by atoms with Crippen LogP contribution in [0.5, 0.6) is 0 Å². The van der Waals surface area contributed by atoms with Crippen molar-refractivity contribution < 1.29 is 33.0 Å². The number of para-hydroxylation sites is 1. The van der Waals surface area contributed by atoms with E-state index in [1.807, 2.05) is 0 Å². The molecule has 26 heavy (non-hydrogen) atoms. The third-order valence-corrected chi connectivity index (χ3v) is 5.40. The number of benzene rings is 1. The standard InChI is InChI=1S/C16H15F3N2O4S/c17-16(18,19)15(25,14-20-9-3-1-2-4-10(9)26-14)7-11(22)21-12(13(23)24)8-5-6-8/h1-4,8,12,25H,5-7H2,(H,21,22)(H,23,24). The van der Waals surface area contributed by atoms with Gasteiger partial charge in [0.2, 0.25) is 11.5 Å². The molecule has 1 amide bonds. The fourth-order valence-corrected chi connectivity index (χ4v) is 3.69. The van der Waals surface area contributed by atoms with E-state index in [2.05, 4.69) is 10.3 Å². The van der Waals surface area contributed by atoms with Crippen LogP contribution in [0.4, 0.5) is 13.2 Å². The minimum absolute atomic E-state index is 0.275. The molecule has 1 heterocycles. The molecule has 1 aliphatic rings. The molecule has 1 aromatic carbocycles. The zero-order chi connectivity index (χ0) is 19.1. The Kier molecular flexibility index (Phi) is 4.65. The van der Waals surface area contributed by atoms with Crippen LogP contribution in [0, 0.1) is 5.92 Å². The lowest BCUT2D eigenvalue weighted by molar-refractivity contribution is -0.267. The summed E-state index contributed by atoms with van der Waals surface area (Å²) in [5.74, 6) is -2.79. The number of carboxylic acid groups (broad SMARTS) is 1. The zero-order valence-electron chi connectivity index (χ0n) is 13.3. The van der Waals surface area contributed by atoms with Crippen LogP contribution in [0.2, 0.25) is 0 Å². The van der Waals surface area contributed by atoms with Crippen LogP contribution in [-0.2, 0) is 15.2 Å². The lowest BCUT2D eigenvalue weighted by Gasteiger charge is -2.28. The van der Waals surface area contributed by atoms with Gasteiger partial charge >= 0.3 is 12.1 Å². The molecule has 140 valence electrons. The molecule has 0 spiro atoms. The van der Waals surface area contributed by atoms with E-state index in [1.54, 1.807) is 18.2 Å². The number of halogens is 3. The van der Waals surface area contributed by atoms with Gasteiger partial charge in [-0.3, -0.25) is 4.79 Å². The van der Waals surface area contributed by atoms with Crippen molar-refractivity contribution in [2.45, 2.75) is 37.1 Å². The number of alkyl halides is 3. The molecule has 2 atom stereocenters. The Bertz CT molecular complexity index is 816. The largest absolute Gasteiger partial charge is 0.480 e. The maximum Gasteiger partial charge on any atom is 0.424 e. The lowest BCUT2D eigenvalue weighted by atomic mass is 9.98. The summed E-state index contributed by atoms with van der Waals surface area (Å²) in [4.78, 5) is 27.1. The maximum atomic E-state index is 13.6. The van der Waals surface area contributed by atoms with E-state index in [4.69, 9.17) is 5.11 Å². The Labute approximate surface area is 149 Å². The van der Waals surface area contributed by atoms with E-state index in [0.29, 0.717) is 28.9 Å². The Hall–Kier alpha value is -2.20. The maximum absolute atomic E-state index is 13.6. The number of aliphatic hydroxyl groups is 1. The normalized spacial score (nSPS) is 18.3. The highest BCUT2D eigenvalue weighted by Crippen LogP contribution is 2.44. The van der Waals surface area contributed by atoms with Crippen LogP contribution in [0.15, 0.2) is 24.3 Å². The van der Waals surface area contributed by atoms with Crippen molar-refractivity contribution in [3.8, 4) is 0 Å². The quantitative estimate of drug-likeness (QED) is 0.706. The molecule has 0 bridgehead atoms. The predicted octanol–water partition coefficient (Wildman–Crippen LogP) is 2.42. The first kappa shape index (κ1) is 18.6. The van der Waals surface area contributed by atoms with Gasteiger partial charge in [0.25, 0.3) is 0 Å². The fourth-order valence-electron chi connectivity index (χ4n) is 2.61. The summed E-state index contributed by atoms with van der Waals surface area (Å²) in [6.45, 7) is 0. The summed E-state index contributed by atoms with van der Waals surface area (Å²) in [6.07, 6.45) is -5.35. The monoisotopic (exact) mass is 388 g/mol. The van der Waals surface area contributed by atoms with Gasteiger partial charge in [-0.15, -0.1) is 11.3 Å². The van der Waals surface area contributed by atoms with E-state index >= 15 is 0 Å². The number of hydrogen-bond acceptors (Lipinski definition) is 5. The van der Waals surface area contributed by atoms with Crippen LogP contribution in [-0.4, -0.2) is 39.3 Å². The molecule has 1 saturated carbocycles. The molecular formula is C16H15F3N2O4S. The van der Waals surface area contributed by atoms with Crippen molar-refractivity contribution >= 4 is 33.4 Å². The second kappa shape index (κ2) is 6.51. The van der Waals surface area contributed by atoms with E-state index < -0.39 is 41.1 Å². The van der Waals surface area contributed by atoms with Gasteiger partial charge in [0, 0.05) is 0 Å². The van der Waals surface area contributed by atoms with Crippen LogP contribution in [0.3, 0.4) is 0 Å². The van der Waals surface area contributed by atoms with Gasteiger partial charge in [0.1, 0.15) is 11.0 Å². The second-order valence-electron chi connectivity index (χ2n) is 6.24. The molecule has 3 rings (SSSR count). The summed E-state index contributed by atoms with van der Waals surface area (Å²) in [5, 5.41) is 20.8. The third-order valence-electron chi connectivity index (χ3n) is 4.21. The zero-order valence-corrected chi connectivity index (χ0v) is 14.1. The number of carbonyl (C=O) groups is 2. The van der Waals surface area contributed by atoms with Crippen molar-refractivity contribution in [2.75, 3.05) is 0 Å². The molecule has 2 unspecified atom stereocenters. The molecule has 6 nitrogen and oxygen atoms in total. The van der Waals surface area contributed by atoms with Crippen molar-refractivity contribution in [1.82, 2.24) is 10.3 Å². The van der Waals surface area contributed by atoms with E-state index in [-0.39, 0.29) is 11.4 Å². The predicted molar refractivity (Wildman–Crippen MR) is 86.5 cm³/mol. The molecular weight excluding hydrogens is 373 g/mol. The molecule has 3 N–H and O–H groups in total. The Morgan fingerprint density at radius 3 is 2.50 bits per heavy atom. The molecule has 10 heteroatoms. The van der Waals surface area contributed by atoms with Gasteiger partial charge < -0.3 is 15.5 Å². The van der Waals surface area contributed by atoms with Crippen LogP contribution in [0.25, 0.3) is 10.2 Å². The van der Waals surface area contributed by atoms with E-state index in [0.717, 1.165) is 0 Å². The minimum Gasteiger partial charge on any atom is -0.480 e. The Morgan fingerprint density at radius 2 is 1.96 bits per heavy atom. The Morgan fingerprint density at radius 1 is 1.31 bits per heavy atom. The molecule has 0 aliphatic heterocycles. The van der Waals surface area contributed by atoms with Crippen LogP contribution in [0.1, 0.15) is 24.3 Å². The Balaban J connectivity index is 1.87. The van der Waals surface area contributed by atoms with Gasteiger partial charge in [-0.05, 0) is 30.9 Å². The first-order valence-electron chi connectivity index (χ1n) is 7.79. The summed E-state index contributed by atoms with van der Waals surface area (Å²) >= 11 is 0.639. The number of thiazole rings is 1. The molecule has 0 radical (unpaired) electrons. The SMILES string of the molecule is O=C(CC(O)(c1nc2ccccc2s1)C(F)(F)F)NC(C(=O)O)C1CC1. The average Bonchev–Trinajstić information content (AvgIpc) is 3.28. The molecule has 1 fully saturated rings. The van der Waals surface area contributed by atoms with Gasteiger partial charge in [0.05, 0.1) is 16.6 Å². The number of carboxylic acids is 1. The number of aromatic nitrogens is 1.